The number of hydrogen-bond donors (Lipinski definition) is 0. The molecule has 0 spiro atoms. The van der Waals surface area contributed by atoms with E-state index in [2.05, 4.69) is 111 Å². The zero-order valence-electron chi connectivity index (χ0n) is 17.0. The van der Waals surface area contributed by atoms with Crippen molar-refractivity contribution in [2.75, 3.05) is 7.05 Å². The Kier molecular flexibility index (Phi) is 6.68. The number of allylic oxidation sites excluding steroid dienone is 1. The molecule has 2 nitrogen and oxygen atoms in total. The number of benzene rings is 1. The Morgan fingerprint density at radius 2 is 1.81 bits per heavy atom. The number of aryl methyl sites for hydroxylation is 1. The van der Waals surface area contributed by atoms with Crippen LogP contribution in [0.2, 0.25) is 0 Å². The number of aromatic nitrogens is 1. The van der Waals surface area contributed by atoms with Crippen LogP contribution in [0.15, 0.2) is 53.7 Å². The summed E-state index contributed by atoms with van der Waals surface area (Å²) in [7, 11) is 1.87. The molecule has 0 aliphatic carbocycles. The maximum atomic E-state index is 4.58. The highest BCUT2D eigenvalue weighted by molar-refractivity contribution is 6.05. The highest BCUT2D eigenvalue weighted by Gasteiger charge is 2.24. The van der Waals surface area contributed by atoms with Crippen molar-refractivity contribution in [2.45, 2.75) is 46.6 Å². The van der Waals surface area contributed by atoms with Gasteiger partial charge < -0.3 is 0 Å². The van der Waals surface area contributed by atoms with Crippen LogP contribution in [-0.4, -0.2) is 12.8 Å². The van der Waals surface area contributed by atoms with Crippen molar-refractivity contribution >= 4 is 23.9 Å². The van der Waals surface area contributed by atoms with E-state index < -0.39 is 0 Å². The van der Waals surface area contributed by atoms with E-state index in [1.807, 2.05) is 7.05 Å². The predicted octanol–water partition coefficient (Wildman–Crippen LogP) is 3.66. The van der Waals surface area contributed by atoms with Gasteiger partial charge in [-0.2, -0.15) is 4.57 Å². The quantitative estimate of drug-likeness (QED) is 0.580. The molecule has 0 aliphatic heterocycles. The molecule has 0 amide bonds. The number of hydrogen-bond acceptors (Lipinski definition) is 1. The van der Waals surface area contributed by atoms with Crippen molar-refractivity contribution in [3.63, 3.8) is 0 Å². The van der Waals surface area contributed by atoms with E-state index in [0.29, 0.717) is 0 Å². The van der Waals surface area contributed by atoms with Gasteiger partial charge in [0, 0.05) is 29.0 Å². The summed E-state index contributed by atoms with van der Waals surface area (Å²) in [6, 6.07) is 12.8. The summed E-state index contributed by atoms with van der Waals surface area (Å²) in [4.78, 5) is 4.58. The van der Waals surface area contributed by atoms with E-state index >= 15 is 0 Å². The molecule has 26 heavy (non-hydrogen) atoms. The van der Waals surface area contributed by atoms with Crippen LogP contribution >= 0.6 is 0 Å². The molecule has 1 aromatic heterocycles. The molecule has 0 aliphatic rings. The van der Waals surface area contributed by atoms with Gasteiger partial charge in [-0.1, -0.05) is 50.3 Å². The SMILES string of the molecule is C/C=c1/cc(/C=C/C(=N\C)C(C)(C)c2ccccc2)c[n+](CC)/c1=C/C. The Balaban J connectivity index is 2.45. The van der Waals surface area contributed by atoms with E-state index in [1.54, 1.807) is 0 Å². The topological polar surface area (TPSA) is 16.2 Å². The standard InChI is InChI=1S/C24H31N2/c1-7-20-17-19(18-26(9-3)22(20)8-2)15-16-23(25-6)24(4,5)21-13-11-10-12-14-21/h7-8,10-18H,9H2,1-6H3/q+1/b16-15+,20-7-,22-8+,25-23+. The van der Waals surface area contributed by atoms with Crippen LogP contribution in [0.3, 0.4) is 0 Å². The van der Waals surface area contributed by atoms with Gasteiger partial charge in [0.15, 0.2) is 6.20 Å². The van der Waals surface area contributed by atoms with Crippen molar-refractivity contribution in [1.82, 2.24) is 0 Å². The van der Waals surface area contributed by atoms with Gasteiger partial charge in [0.25, 0.3) is 0 Å². The molecule has 0 radical (unpaired) electrons. The molecule has 0 unspecified atom stereocenters. The Morgan fingerprint density at radius 1 is 1.12 bits per heavy atom. The highest BCUT2D eigenvalue weighted by atomic mass is 14.9. The summed E-state index contributed by atoms with van der Waals surface area (Å²) >= 11 is 0. The lowest BCUT2D eigenvalue weighted by molar-refractivity contribution is -0.707. The Labute approximate surface area is 157 Å². The molecule has 0 bridgehead atoms. The van der Waals surface area contributed by atoms with E-state index in [-0.39, 0.29) is 5.41 Å². The summed E-state index contributed by atoms with van der Waals surface area (Å²) < 4.78 is 2.29. The zero-order valence-corrected chi connectivity index (χ0v) is 17.0. The first kappa shape index (κ1) is 19.8. The number of aliphatic imine (C=N–C) groups is 1. The maximum Gasteiger partial charge on any atom is 0.207 e. The fourth-order valence-electron chi connectivity index (χ4n) is 3.36. The molecule has 136 valence electrons. The van der Waals surface area contributed by atoms with Gasteiger partial charge in [-0.25, -0.2) is 0 Å². The Hall–Kier alpha value is -2.48. The van der Waals surface area contributed by atoms with Crippen molar-refractivity contribution < 1.29 is 4.57 Å². The van der Waals surface area contributed by atoms with Gasteiger partial charge in [0.1, 0.15) is 6.54 Å². The minimum Gasteiger partial charge on any atom is -0.292 e. The molecule has 1 heterocycles. The van der Waals surface area contributed by atoms with Crippen molar-refractivity contribution in [3.05, 3.63) is 70.4 Å². The summed E-state index contributed by atoms with van der Waals surface area (Å²) in [5.74, 6) is 0. The first-order valence-electron chi connectivity index (χ1n) is 9.35. The molecular weight excluding hydrogens is 316 g/mol. The number of pyridine rings is 1. The van der Waals surface area contributed by atoms with Gasteiger partial charge in [-0.15, -0.1) is 0 Å². The molecule has 0 N–H and O–H groups in total. The predicted molar refractivity (Wildman–Crippen MR) is 114 cm³/mol. The largest absolute Gasteiger partial charge is 0.292 e. The number of rotatable bonds is 5. The molecule has 0 saturated heterocycles. The molecule has 0 atom stereocenters. The first-order valence-corrected chi connectivity index (χ1v) is 9.35. The maximum absolute atomic E-state index is 4.58. The van der Waals surface area contributed by atoms with Crippen LogP contribution in [0.5, 0.6) is 0 Å². The van der Waals surface area contributed by atoms with Crippen LogP contribution in [0, 0.1) is 0 Å². The minimum atomic E-state index is -0.135. The van der Waals surface area contributed by atoms with Crippen molar-refractivity contribution in [3.8, 4) is 0 Å². The van der Waals surface area contributed by atoms with Crippen LogP contribution < -0.4 is 15.1 Å². The lowest BCUT2D eigenvalue weighted by atomic mass is 9.79. The molecule has 2 aromatic rings. The van der Waals surface area contributed by atoms with E-state index in [9.17, 15) is 0 Å². The first-order chi connectivity index (χ1) is 12.5. The van der Waals surface area contributed by atoms with Crippen LogP contribution in [0.25, 0.3) is 18.2 Å². The minimum absolute atomic E-state index is 0.135. The Morgan fingerprint density at radius 3 is 2.35 bits per heavy atom. The van der Waals surface area contributed by atoms with Crippen molar-refractivity contribution in [1.29, 1.82) is 0 Å². The van der Waals surface area contributed by atoms with Crippen LogP contribution in [0.1, 0.15) is 45.7 Å². The number of nitrogens with zero attached hydrogens (tertiary/aromatic N) is 2. The molecule has 0 fully saturated rings. The third-order valence-electron chi connectivity index (χ3n) is 4.97. The molecule has 2 rings (SSSR count). The van der Waals surface area contributed by atoms with Gasteiger partial charge in [0.05, 0.1) is 0 Å². The smallest absolute Gasteiger partial charge is 0.207 e. The lowest BCUT2D eigenvalue weighted by Crippen LogP contribution is -2.56. The monoisotopic (exact) mass is 347 g/mol. The van der Waals surface area contributed by atoms with Gasteiger partial charge in [-0.05, 0) is 50.6 Å². The third-order valence-corrected chi connectivity index (χ3v) is 4.97. The lowest BCUT2D eigenvalue weighted by Gasteiger charge is -2.25. The van der Waals surface area contributed by atoms with Gasteiger partial charge >= 0.3 is 0 Å². The second kappa shape index (κ2) is 8.75. The average molecular weight is 348 g/mol. The van der Waals surface area contributed by atoms with Crippen LogP contribution in [0.4, 0.5) is 0 Å². The van der Waals surface area contributed by atoms with Gasteiger partial charge in [0.2, 0.25) is 5.35 Å². The normalized spacial score (nSPS) is 14.5. The second-order valence-corrected chi connectivity index (χ2v) is 6.91. The van der Waals surface area contributed by atoms with E-state index in [4.69, 9.17) is 0 Å². The highest BCUT2D eigenvalue weighted by Crippen LogP contribution is 2.25. The summed E-state index contributed by atoms with van der Waals surface area (Å²) in [6.45, 7) is 11.8. The fraction of sp³-hybridized carbons (Fsp3) is 0.333. The summed E-state index contributed by atoms with van der Waals surface area (Å²) in [5.41, 5.74) is 3.40. The molecule has 1 aromatic carbocycles. The zero-order chi connectivity index (χ0) is 19.2. The van der Waals surface area contributed by atoms with E-state index in [1.165, 1.54) is 21.7 Å². The van der Waals surface area contributed by atoms with Crippen molar-refractivity contribution in [2.24, 2.45) is 4.99 Å². The fourth-order valence-corrected chi connectivity index (χ4v) is 3.36. The molecular formula is C24H31N2+. The average Bonchev–Trinajstić information content (AvgIpc) is 2.67. The van der Waals surface area contributed by atoms with Crippen LogP contribution in [-0.2, 0) is 12.0 Å². The second-order valence-electron chi connectivity index (χ2n) is 6.91. The molecule has 0 saturated carbocycles. The summed E-state index contributed by atoms with van der Waals surface area (Å²) in [6.07, 6.45) is 10.9. The summed E-state index contributed by atoms with van der Waals surface area (Å²) in [5, 5.41) is 2.52. The van der Waals surface area contributed by atoms with Gasteiger partial charge in [-0.3, -0.25) is 4.99 Å². The third kappa shape index (κ3) is 4.19. The Bertz CT molecular complexity index is 917. The van der Waals surface area contributed by atoms with E-state index in [0.717, 1.165) is 12.3 Å². The molecule has 2 heteroatoms.